The van der Waals surface area contributed by atoms with Crippen molar-refractivity contribution in [3.63, 3.8) is 0 Å². The fourth-order valence-electron chi connectivity index (χ4n) is 3.51. The lowest BCUT2D eigenvalue weighted by atomic mass is 9.99. The summed E-state index contributed by atoms with van der Waals surface area (Å²) in [5.74, 6) is -2.58. The van der Waals surface area contributed by atoms with Gasteiger partial charge in [-0.05, 0) is 12.2 Å². The van der Waals surface area contributed by atoms with Crippen LogP contribution in [0.3, 0.4) is 0 Å². The molecule has 1 aliphatic carbocycles. The third kappa shape index (κ3) is 3.54. The molecule has 156 valence electrons. The summed E-state index contributed by atoms with van der Waals surface area (Å²) >= 11 is 0. The highest BCUT2D eigenvalue weighted by molar-refractivity contribution is 5.90. The number of halogens is 3. The molecular formula is C18H15F3N6O3. The molecule has 0 aromatic carbocycles. The zero-order valence-corrected chi connectivity index (χ0v) is 15.4. The molecule has 1 amide bonds. The number of allylic oxidation sites excluding steroid dienone is 2. The van der Waals surface area contributed by atoms with E-state index in [-0.39, 0.29) is 37.5 Å². The highest BCUT2D eigenvalue weighted by atomic mass is 19.2. The number of amides is 1. The van der Waals surface area contributed by atoms with Gasteiger partial charge in [-0.15, -0.1) is 5.10 Å². The van der Waals surface area contributed by atoms with Gasteiger partial charge in [-0.25, -0.2) is 22.6 Å². The number of hydrogen-bond acceptors (Lipinski definition) is 7. The van der Waals surface area contributed by atoms with Gasteiger partial charge in [0.15, 0.2) is 23.5 Å². The number of cyclic esters (lactones) is 1. The van der Waals surface area contributed by atoms with Gasteiger partial charge in [-0.2, -0.15) is 5.26 Å². The number of ketones is 1. The molecule has 3 heterocycles. The number of nitriles is 1. The third-order valence-electron chi connectivity index (χ3n) is 4.94. The monoisotopic (exact) mass is 420 g/mol. The first kappa shape index (κ1) is 19.7. The summed E-state index contributed by atoms with van der Waals surface area (Å²) in [6.45, 7) is -0.0632. The van der Waals surface area contributed by atoms with Gasteiger partial charge in [-0.1, -0.05) is 5.21 Å². The first-order valence-electron chi connectivity index (χ1n) is 9.04. The second-order valence-corrected chi connectivity index (χ2v) is 6.92. The molecule has 0 saturated carbocycles. The molecule has 3 aliphatic rings. The number of aromatic nitrogens is 3. The van der Waals surface area contributed by atoms with Gasteiger partial charge in [0.25, 0.3) is 0 Å². The van der Waals surface area contributed by atoms with Crippen LogP contribution in [0.25, 0.3) is 0 Å². The van der Waals surface area contributed by atoms with E-state index in [0.717, 1.165) is 15.9 Å². The van der Waals surface area contributed by atoms with Crippen molar-refractivity contribution in [2.75, 3.05) is 13.1 Å². The number of rotatable bonds is 4. The van der Waals surface area contributed by atoms with E-state index in [9.17, 15) is 22.8 Å². The maximum Gasteiger partial charge on any atom is 0.410 e. The molecule has 4 rings (SSSR count). The number of carbonyl (C=O) groups is 2. The van der Waals surface area contributed by atoms with Crippen LogP contribution in [0, 0.1) is 11.3 Å². The Morgan fingerprint density at radius 2 is 2.13 bits per heavy atom. The predicted molar refractivity (Wildman–Crippen MR) is 93.2 cm³/mol. The Kier molecular flexibility index (Phi) is 5.03. The average molecular weight is 420 g/mol. The number of hydrogen-bond donors (Lipinski definition) is 0. The third-order valence-corrected chi connectivity index (χ3v) is 4.94. The lowest BCUT2D eigenvalue weighted by molar-refractivity contribution is -0.115. The molecule has 12 heteroatoms. The van der Waals surface area contributed by atoms with Crippen LogP contribution in [0.5, 0.6) is 0 Å². The van der Waals surface area contributed by atoms with Gasteiger partial charge in [0, 0.05) is 19.2 Å². The van der Waals surface area contributed by atoms with Crippen LogP contribution in [-0.4, -0.2) is 68.1 Å². The Balaban J connectivity index is 1.49. The maximum atomic E-state index is 14.9. The summed E-state index contributed by atoms with van der Waals surface area (Å²) in [6.07, 6.45) is 0.622. The van der Waals surface area contributed by atoms with Crippen molar-refractivity contribution in [3.05, 3.63) is 47.6 Å². The van der Waals surface area contributed by atoms with E-state index < -0.39 is 41.8 Å². The molecule has 9 nitrogen and oxygen atoms in total. The highest BCUT2D eigenvalue weighted by Crippen LogP contribution is 2.36. The van der Waals surface area contributed by atoms with Gasteiger partial charge in [-0.3, -0.25) is 9.69 Å². The van der Waals surface area contributed by atoms with Gasteiger partial charge >= 0.3 is 6.09 Å². The van der Waals surface area contributed by atoms with E-state index in [2.05, 4.69) is 10.3 Å². The van der Waals surface area contributed by atoms with Crippen LogP contribution in [0.2, 0.25) is 0 Å². The molecule has 0 spiro atoms. The van der Waals surface area contributed by atoms with Crippen LogP contribution in [0.1, 0.15) is 12.1 Å². The highest BCUT2D eigenvalue weighted by Gasteiger charge is 2.44. The fourth-order valence-corrected chi connectivity index (χ4v) is 3.51. The predicted octanol–water partition coefficient (Wildman–Crippen LogP) is 1.51. The summed E-state index contributed by atoms with van der Waals surface area (Å²) in [6, 6.07) is 0.284. The van der Waals surface area contributed by atoms with Crippen LogP contribution < -0.4 is 0 Å². The first-order chi connectivity index (χ1) is 14.4. The molecule has 1 aromatic heterocycles. The lowest BCUT2D eigenvalue weighted by Crippen LogP contribution is -2.45. The van der Waals surface area contributed by atoms with E-state index >= 15 is 0 Å². The summed E-state index contributed by atoms with van der Waals surface area (Å²) < 4.78 is 50.7. The van der Waals surface area contributed by atoms with Crippen molar-refractivity contribution < 1.29 is 27.5 Å². The molecule has 0 N–H and O–H groups in total. The molecule has 3 unspecified atom stereocenters. The summed E-state index contributed by atoms with van der Waals surface area (Å²) in [4.78, 5) is 25.5. The Labute approximate surface area is 168 Å². The average Bonchev–Trinajstić information content (AvgIpc) is 3.32. The van der Waals surface area contributed by atoms with E-state index in [0.29, 0.717) is 0 Å². The maximum absolute atomic E-state index is 14.9. The van der Waals surface area contributed by atoms with Crippen LogP contribution in [0.15, 0.2) is 41.9 Å². The van der Waals surface area contributed by atoms with E-state index in [1.807, 2.05) is 0 Å². The Morgan fingerprint density at radius 1 is 1.33 bits per heavy atom. The second-order valence-electron chi connectivity index (χ2n) is 6.92. The van der Waals surface area contributed by atoms with Gasteiger partial charge in [0.2, 0.25) is 0 Å². The minimum absolute atomic E-state index is 0.0210. The zero-order chi connectivity index (χ0) is 21.4. The second kappa shape index (κ2) is 7.66. The quantitative estimate of drug-likeness (QED) is 0.727. The van der Waals surface area contributed by atoms with Gasteiger partial charge < -0.3 is 9.64 Å². The molecule has 1 aromatic rings. The fraction of sp³-hybridized carbons (Fsp3) is 0.389. The minimum Gasteiger partial charge on any atom is -0.442 e. The first-order valence-corrected chi connectivity index (χ1v) is 9.04. The van der Waals surface area contributed by atoms with Crippen molar-refractivity contribution >= 4 is 11.9 Å². The summed E-state index contributed by atoms with van der Waals surface area (Å²) in [5.41, 5.74) is -0.510. The topological polar surface area (TPSA) is 104 Å². The van der Waals surface area contributed by atoms with Crippen LogP contribution in [-0.2, 0) is 16.1 Å². The Morgan fingerprint density at radius 3 is 2.80 bits per heavy atom. The van der Waals surface area contributed by atoms with Crippen molar-refractivity contribution in [2.24, 2.45) is 0 Å². The molecule has 30 heavy (non-hydrogen) atoms. The Hall–Kier alpha value is -3.62. The van der Waals surface area contributed by atoms with Crippen molar-refractivity contribution in [1.82, 2.24) is 24.8 Å². The van der Waals surface area contributed by atoms with Gasteiger partial charge in [0.05, 0.1) is 25.3 Å². The van der Waals surface area contributed by atoms with Crippen LogP contribution in [0.4, 0.5) is 18.0 Å². The largest absolute Gasteiger partial charge is 0.442 e. The summed E-state index contributed by atoms with van der Waals surface area (Å²) in [5, 5.41) is 16.1. The summed E-state index contributed by atoms with van der Waals surface area (Å²) in [7, 11) is 0. The van der Waals surface area contributed by atoms with E-state index in [1.54, 1.807) is 6.07 Å². The van der Waals surface area contributed by atoms with E-state index in [4.69, 9.17) is 10.00 Å². The molecule has 1 saturated heterocycles. The molecular weight excluding hydrogens is 405 g/mol. The molecule has 0 radical (unpaired) electrons. The minimum atomic E-state index is -2.30. The zero-order valence-electron chi connectivity index (χ0n) is 15.4. The number of nitrogens with zero attached hydrogens (tertiary/aromatic N) is 6. The molecule has 3 atom stereocenters. The standard InChI is InChI=1S/C18H15F3N6O3/c19-13-5-14(15(20)16(21)17(13)25-3-1-11(28)2-4-25)27-9-12(30-18(27)29)8-26-7-10(6-22)23-24-26/h1,3,5,7,12,14-15H,2,4,8-9H2. The van der Waals surface area contributed by atoms with Gasteiger partial charge in [0.1, 0.15) is 23.7 Å². The molecule has 1 fully saturated rings. The smallest absolute Gasteiger partial charge is 0.410 e. The molecule has 2 aliphatic heterocycles. The number of alkyl halides is 1. The number of carbonyl (C=O) groups excluding carboxylic acids is 2. The normalized spacial score (nSPS) is 26.7. The van der Waals surface area contributed by atoms with Crippen LogP contribution >= 0.6 is 0 Å². The Bertz CT molecular complexity index is 1030. The van der Waals surface area contributed by atoms with Crippen molar-refractivity contribution in [2.45, 2.75) is 31.3 Å². The molecule has 0 bridgehead atoms. The van der Waals surface area contributed by atoms with Crippen molar-refractivity contribution in [1.29, 1.82) is 5.26 Å². The number of ether oxygens (including phenoxy) is 1. The SMILES string of the molecule is N#Cc1cn(CC2CN(C3C=C(F)C(N4C=CC(=O)CC4)=C(F)C3F)C(=O)O2)nn1. The lowest BCUT2D eigenvalue weighted by Gasteiger charge is -2.33. The van der Waals surface area contributed by atoms with Crippen molar-refractivity contribution in [3.8, 4) is 6.07 Å². The van der Waals surface area contributed by atoms with E-state index in [1.165, 1.54) is 23.2 Å².